The van der Waals surface area contributed by atoms with Crippen molar-refractivity contribution in [3.8, 4) is 0 Å². The van der Waals surface area contributed by atoms with Crippen LogP contribution in [0.25, 0.3) is 0 Å². The van der Waals surface area contributed by atoms with Gasteiger partial charge in [0.25, 0.3) is 0 Å². The van der Waals surface area contributed by atoms with Crippen LogP contribution in [0, 0.1) is 6.92 Å². The molecule has 4 nitrogen and oxygen atoms in total. The maximum Gasteiger partial charge on any atom is 0.218 e. The van der Waals surface area contributed by atoms with Crippen molar-refractivity contribution in [1.82, 2.24) is 4.31 Å². The van der Waals surface area contributed by atoms with Crippen molar-refractivity contribution >= 4 is 10.0 Å². The normalized spacial score (nSPS) is 27.3. The molecule has 116 valence electrons. The lowest BCUT2D eigenvalue weighted by Crippen LogP contribution is -2.54. The average Bonchev–Trinajstić information content (AvgIpc) is 2.49. The van der Waals surface area contributed by atoms with E-state index >= 15 is 0 Å². The number of sulfonamides is 1. The van der Waals surface area contributed by atoms with Crippen molar-refractivity contribution in [2.24, 2.45) is 0 Å². The molecule has 1 aliphatic carbocycles. The minimum absolute atomic E-state index is 0.0431. The molecule has 21 heavy (non-hydrogen) atoms. The van der Waals surface area contributed by atoms with Crippen molar-refractivity contribution < 1.29 is 13.2 Å². The monoisotopic (exact) mass is 309 g/mol. The summed E-state index contributed by atoms with van der Waals surface area (Å²) in [5.41, 5.74) is 1.94. The highest BCUT2D eigenvalue weighted by atomic mass is 32.2. The van der Waals surface area contributed by atoms with Crippen LogP contribution in [0.3, 0.4) is 0 Å². The standard InChI is InChI=1S/C16H23NO3S/c1-13-6-2-3-7-14(13)12-21(18,19)17-10-11-20-16-9-5-4-8-15(16)17/h2-3,6-7,15-16H,4-5,8-12H2,1H3. The zero-order chi connectivity index (χ0) is 14.9. The van der Waals surface area contributed by atoms with Gasteiger partial charge in [0.05, 0.1) is 24.5 Å². The summed E-state index contributed by atoms with van der Waals surface area (Å²) in [6.45, 7) is 2.98. The van der Waals surface area contributed by atoms with E-state index in [2.05, 4.69) is 0 Å². The Morgan fingerprint density at radius 1 is 1.24 bits per heavy atom. The molecule has 1 aromatic rings. The zero-order valence-electron chi connectivity index (χ0n) is 12.5. The van der Waals surface area contributed by atoms with Crippen molar-refractivity contribution in [2.45, 2.75) is 50.5 Å². The maximum absolute atomic E-state index is 12.8. The van der Waals surface area contributed by atoms with Gasteiger partial charge in [-0.25, -0.2) is 8.42 Å². The number of fused-ring (bicyclic) bond motifs is 1. The largest absolute Gasteiger partial charge is 0.375 e. The third-order valence-electron chi connectivity index (χ3n) is 4.64. The van der Waals surface area contributed by atoms with Gasteiger partial charge in [0, 0.05) is 6.54 Å². The molecule has 2 fully saturated rings. The van der Waals surface area contributed by atoms with Crippen LogP contribution in [0.5, 0.6) is 0 Å². The Morgan fingerprint density at radius 2 is 2.00 bits per heavy atom. The summed E-state index contributed by atoms with van der Waals surface area (Å²) < 4.78 is 33.2. The van der Waals surface area contributed by atoms with Gasteiger partial charge < -0.3 is 4.74 Å². The van der Waals surface area contributed by atoms with Crippen LogP contribution in [0.15, 0.2) is 24.3 Å². The molecular formula is C16H23NO3S. The Kier molecular flexibility index (Phi) is 4.33. The van der Waals surface area contributed by atoms with Gasteiger partial charge >= 0.3 is 0 Å². The fourth-order valence-corrected chi connectivity index (χ4v) is 5.35. The lowest BCUT2D eigenvalue weighted by molar-refractivity contribution is -0.0586. The molecule has 0 N–H and O–H groups in total. The van der Waals surface area contributed by atoms with Crippen LogP contribution < -0.4 is 0 Å². The lowest BCUT2D eigenvalue weighted by Gasteiger charge is -2.42. The van der Waals surface area contributed by atoms with E-state index in [0.717, 1.165) is 36.8 Å². The maximum atomic E-state index is 12.8. The molecule has 1 heterocycles. The van der Waals surface area contributed by atoms with Gasteiger partial charge in [-0.05, 0) is 30.9 Å². The minimum Gasteiger partial charge on any atom is -0.375 e. The number of nitrogens with zero attached hydrogens (tertiary/aromatic N) is 1. The molecule has 0 aromatic heterocycles. The van der Waals surface area contributed by atoms with Crippen LogP contribution in [0.2, 0.25) is 0 Å². The number of rotatable bonds is 3. The number of ether oxygens (including phenoxy) is 1. The fourth-order valence-electron chi connectivity index (χ4n) is 3.46. The smallest absolute Gasteiger partial charge is 0.218 e. The molecule has 0 radical (unpaired) electrons. The molecular weight excluding hydrogens is 286 g/mol. The van der Waals surface area contributed by atoms with Crippen LogP contribution in [-0.2, 0) is 20.5 Å². The van der Waals surface area contributed by atoms with Crippen molar-refractivity contribution in [2.75, 3.05) is 13.2 Å². The first kappa shape index (κ1) is 15.0. The number of hydrogen-bond acceptors (Lipinski definition) is 3. The highest BCUT2D eigenvalue weighted by Gasteiger charge is 2.40. The third kappa shape index (κ3) is 3.15. The summed E-state index contributed by atoms with van der Waals surface area (Å²) in [4.78, 5) is 0. The van der Waals surface area contributed by atoms with Crippen LogP contribution >= 0.6 is 0 Å². The van der Waals surface area contributed by atoms with E-state index in [0.29, 0.717) is 13.2 Å². The van der Waals surface area contributed by atoms with Gasteiger partial charge in [-0.2, -0.15) is 4.31 Å². The molecule has 0 bridgehead atoms. The summed E-state index contributed by atoms with van der Waals surface area (Å²) in [5.74, 6) is 0.100. The van der Waals surface area contributed by atoms with E-state index < -0.39 is 10.0 Å². The highest BCUT2D eigenvalue weighted by molar-refractivity contribution is 7.88. The molecule has 1 aromatic carbocycles. The second-order valence-corrected chi connectivity index (χ2v) is 7.98. The average molecular weight is 309 g/mol. The minimum atomic E-state index is -3.28. The van der Waals surface area contributed by atoms with E-state index in [1.807, 2.05) is 31.2 Å². The Hall–Kier alpha value is -0.910. The predicted molar refractivity (Wildman–Crippen MR) is 82.5 cm³/mol. The molecule has 0 spiro atoms. The molecule has 5 heteroatoms. The molecule has 1 saturated heterocycles. The van der Waals surface area contributed by atoms with Gasteiger partial charge in [-0.15, -0.1) is 0 Å². The predicted octanol–water partition coefficient (Wildman–Crippen LogP) is 2.47. The number of hydrogen-bond donors (Lipinski definition) is 0. The van der Waals surface area contributed by atoms with Crippen molar-refractivity contribution in [1.29, 1.82) is 0 Å². The van der Waals surface area contributed by atoms with E-state index in [4.69, 9.17) is 4.74 Å². The first-order valence-electron chi connectivity index (χ1n) is 7.73. The van der Waals surface area contributed by atoms with E-state index in [1.54, 1.807) is 4.31 Å². The van der Waals surface area contributed by atoms with E-state index in [9.17, 15) is 8.42 Å². The zero-order valence-corrected chi connectivity index (χ0v) is 13.3. The van der Waals surface area contributed by atoms with E-state index in [-0.39, 0.29) is 17.9 Å². The number of aryl methyl sites for hydroxylation is 1. The van der Waals surface area contributed by atoms with Gasteiger partial charge in [-0.1, -0.05) is 37.1 Å². The summed E-state index contributed by atoms with van der Waals surface area (Å²) in [7, 11) is -3.28. The number of benzene rings is 1. The summed E-state index contributed by atoms with van der Waals surface area (Å²) in [5, 5.41) is 0. The molecule has 1 saturated carbocycles. The van der Waals surface area contributed by atoms with Gasteiger partial charge in [0.2, 0.25) is 10.0 Å². The Bertz CT molecular complexity index is 597. The van der Waals surface area contributed by atoms with Crippen LogP contribution in [0.4, 0.5) is 0 Å². The summed E-state index contributed by atoms with van der Waals surface area (Å²) in [6, 6.07) is 7.76. The molecule has 2 aliphatic rings. The van der Waals surface area contributed by atoms with Crippen molar-refractivity contribution in [3.63, 3.8) is 0 Å². The van der Waals surface area contributed by atoms with Crippen LogP contribution in [-0.4, -0.2) is 38.0 Å². The van der Waals surface area contributed by atoms with Gasteiger partial charge in [0.15, 0.2) is 0 Å². The summed E-state index contributed by atoms with van der Waals surface area (Å²) in [6.07, 6.45) is 4.26. The SMILES string of the molecule is Cc1ccccc1CS(=O)(=O)N1CCOC2CCCCC21. The topological polar surface area (TPSA) is 46.6 Å². The third-order valence-corrected chi connectivity index (χ3v) is 6.48. The second-order valence-electron chi connectivity index (χ2n) is 6.05. The second kappa shape index (κ2) is 6.07. The highest BCUT2D eigenvalue weighted by Crippen LogP contribution is 2.31. The lowest BCUT2D eigenvalue weighted by atomic mass is 9.91. The van der Waals surface area contributed by atoms with Crippen molar-refractivity contribution in [3.05, 3.63) is 35.4 Å². The molecule has 2 atom stereocenters. The van der Waals surface area contributed by atoms with Gasteiger partial charge in [0.1, 0.15) is 0 Å². The van der Waals surface area contributed by atoms with E-state index in [1.165, 1.54) is 0 Å². The van der Waals surface area contributed by atoms with Crippen LogP contribution in [0.1, 0.15) is 36.8 Å². The first-order valence-corrected chi connectivity index (χ1v) is 9.34. The fraction of sp³-hybridized carbons (Fsp3) is 0.625. The Balaban J connectivity index is 1.82. The molecule has 3 rings (SSSR count). The molecule has 1 aliphatic heterocycles. The molecule has 2 unspecified atom stereocenters. The Labute approximate surface area is 127 Å². The molecule has 0 amide bonds. The first-order chi connectivity index (χ1) is 10.1. The number of morpholine rings is 1. The summed E-state index contributed by atoms with van der Waals surface area (Å²) >= 11 is 0. The quantitative estimate of drug-likeness (QED) is 0.862. The van der Waals surface area contributed by atoms with Gasteiger partial charge in [-0.3, -0.25) is 0 Å². The Morgan fingerprint density at radius 3 is 2.81 bits per heavy atom.